The zero-order chi connectivity index (χ0) is 37.7. The number of nitrogens with one attached hydrogen (secondary N) is 1. The van der Waals surface area contributed by atoms with Crippen LogP contribution in [0.5, 0.6) is 0 Å². The van der Waals surface area contributed by atoms with Crippen LogP contribution < -0.4 is 10.2 Å². The van der Waals surface area contributed by atoms with Crippen molar-refractivity contribution in [3.63, 3.8) is 0 Å². The Morgan fingerprint density at radius 2 is 1.05 bits per heavy atom. The molecule has 0 saturated heterocycles. The van der Waals surface area contributed by atoms with E-state index < -0.39 is 0 Å². The summed E-state index contributed by atoms with van der Waals surface area (Å²) < 4.78 is 13.6. The molecule has 10 aromatic rings. The fourth-order valence-electron chi connectivity index (χ4n) is 8.04. The third-order valence-corrected chi connectivity index (χ3v) is 10.7. The van der Waals surface area contributed by atoms with Gasteiger partial charge in [-0.05, 0) is 59.2 Å². The number of anilines is 3. The number of rotatable bonds is 7. The number of hydrogen-bond donors (Lipinski definition) is 1. The fourth-order valence-corrected chi connectivity index (χ4v) is 8.04. The van der Waals surface area contributed by atoms with Crippen LogP contribution in [-0.4, -0.2) is 11.7 Å². The van der Waals surface area contributed by atoms with Gasteiger partial charge in [0.05, 0.1) is 22.3 Å². The van der Waals surface area contributed by atoms with E-state index in [9.17, 15) is 0 Å². The van der Waals surface area contributed by atoms with Crippen molar-refractivity contribution in [2.45, 2.75) is 6.17 Å². The molecule has 8 aromatic carbocycles. The zero-order valence-electron chi connectivity index (χ0n) is 30.7. The predicted octanol–water partition coefficient (Wildman–Crippen LogP) is 13.1. The van der Waals surface area contributed by atoms with Crippen LogP contribution in [-0.2, 0) is 0 Å². The molecule has 1 aliphatic heterocycles. The van der Waals surface area contributed by atoms with Gasteiger partial charge in [0.15, 0.2) is 11.4 Å². The molecule has 1 aliphatic rings. The lowest BCUT2D eigenvalue weighted by Crippen LogP contribution is -2.33. The molecule has 0 spiro atoms. The Morgan fingerprint density at radius 1 is 0.456 bits per heavy atom. The van der Waals surface area contributed by atoms with Crippen molar-refractivity contribution in [1.82, 2.24) is 5.32 Å². The van der Waals surface area contributed by atoms with Gasteiger partial charge in [-0.2, -0.15) is 0 Å². The average Bonchev–Trinajstić information content (AvgIpc) is 3.87. The van der Waals surface area contributed by atoms with Gasteiger partial charge in [-0.15, -0.1) is 0 Å². The van der Waals surface area contributed by atoms with E-state index in [4.69, 9.17) is 18.8 Å². The normalized spacial score (nSPS) is 14.1. The molecule has 11 rings (SSSR count). The third kappa shape index (κ3) is 5.66. The van der Waals surface area contributed by atoms with Gasteiger partial charge in [0.25, 0.3) is 0 Å². The van der Waals surface area contributed by atoms with Crippen molar-refractivity contribution >= 4 is 72.6 Å². The highest BCUT2D eigenvalue weighted by Gasteiger charge is 2.28. The number of benzene rings is 8. The number of amidine groups is 2. The third-order valence-electron chi connectivity index (χ3n) is 10.7. The van der Waals surface area contributed by atoms with Crippen LogP contribution in [0, 0.1) is 0 Å². The van der Waals surface area contributed by atoms with Crippen molar-refractivity contribution in [1.29, 1.82) is 0 Å². The number of aliphatic imine (C=N–C) groups is 2. The summed E-state index contributed by atoms with van der Waals surface area (Å²) in [6.07, 6.45) is -0.349. The van der Waals surface area contributed by atoms with E-state index in [-0.39, 0.29) is 6.17 Å². The number of nitrogens with zero attached hydrogens (tertiary/aromatic N) is 3. The van der Waals surface area contributed by atoms with Crippen LogP contribution in [0.25, 0.3) is 55.0 Å². The van der Waals surface area contributed by atoms with E-state index in [0.717, 1.165) is 88.8 Å². The van der Waals surface area contributed by atoms with Gasteiger partial charge in [-0.3, -0.25) is 0 Å². The molecule has 1 N–H and O–H groups in total. The van der Waals surface area contributed by atoms with Crippen LogP contribution in [0.15, 0.2) is 213 Å². The molecule has 1 unspecified atom stereocenters. The van der Waals surface area contributed by atoms with Crippen molar-refractivity contribution in [2.24, 2.45) is 9.98 Å². The maximum atomic E-state index is 6.88. The molecule has 6 heteroatoms. The number of fused-ring (bicyclic) bond motifs is 6. The molecule has 270 valence electrons. The summed E-state index contributed by atoms with van der Waals surface area (Å²) in [5.41, 5.74) is 11.2. The Hall–Kier alpha value is -7.70. The highest BCUT2D eigenvalue weighted by atomic mass is 16.3. The predicted molar refractivity (Wildman–Crippen MR) is 233 cm³/mol. The zero-order valence-corrected chi connectivity index (χ0v) is 30.7. The Labute approximate surface area is 328 Å². The first-order valence-electron chi connectivity index (χ1n) is 19.1. The number of furan rings is 2. The second-order valence-electron chi connectivity index (χ2n) is 14.2. The molecule has 0 amide bonds. The van der Waals surface area contributed by atoms with E-state index in [1.54, 1.807) is 0 Å². The van der Waals surface area contributed by atoms with Gasteiger partial charge in [0, 0.05) is 27.4 Å². The lowest BCUT2D eigenvalue weighted by Gasteiger charge is -2.27. The van der Waals surface area contributed by atoms with Crippen molar-refractivity contribution in [3.05, 3.63) is 211 Å². The molecular weight excluding hydrogens is 701 g/mol. The lowest BCUT2D eigenvalue weighted by atomic mass is 10.0. The lowest BCUT2D eigenvalue weighted by molar-refractivity contribution is 0.659. The SMILES string of the molecule is c1ccc(C2=NC(c3ccccc3)NC(c3ccc(N(c4ccc(-c5ccccc5)cc4)c4cccc5c4oc4ccccc45)c4c3oc3ccccc34)=N2)cc1. The van der Waals surface area contributed by atoms with Gasteiger partial charge >= 0.3 is 0 Å². The van der Waals surface area contributed by atoms with Gasteiger partial charge in [0.1, 0.15) is 28.8 Å². The molecule has 0 fully saturated rings. The largest absolute Gasteiger partial charge is 0.455 e. The van der Waals surface area contributed by atoms with Gasteiger partial charge < -0.3 is 19.1 Å². The highest BCUT2D eigenvalue weighted by Crippen LogP contribution is 2.47. The summed E-state index contributed by atoms with van der Waals surface area (Å²) in [5, 5.41) is 7.77. The van der Waals surface area contributed by atoms with Crippen molar-refractivity contribution in [3.8, 4) is 11.1 Å². The standard InChI is InChI=1S/C51H34N4O2/c1-4-15-33(16-5-1)34-27-29-37(30-28-34)55(43-24-14-23-39-38-21-10-12-25-44(38)56-47(39)43)42-32-31-41(48-46(42)40-22-11-13-26-45(40)57-48)51-53-49(35-17-6-2-7-18-35)52-50(54-51)36-19-8-3-9-20-36/h1-32,49H,(H,52,53,54). The first kappa shape index (κ1) is 32.7. The quantitative estimate of drug-likeness (QED) is 0.177. The Kier molecular flexibility index (Phi) is 7.78. The first-order valence-corrected chi connectivity index (χ1v) is 19.1. The van der Waals surface area contributed by atoms with Crippen LogP contribution >= 0.6 is 0 Å². The van der Waals surface area contributed by atoms with Crippen LogP contribution in [0.4, 0.5) is 17.1 Å². The molecule has 57 heavy (non-hydrogen) atoms. The number of para-hydroxylation sites is 3. The highest BCUT2D eigenvalue weighted by molar-refractivity contribution is 6.23. The van der Waals surface area contributed by atoms with E-state index >= 15 is 0 Å². The minimum absolute atomic E-state index is 0.349. The van der Waals surface area contributed by atoms with E-state index in [0.29, 0.717) is 11.7 Å². The van der Waals surface area contributed by atoms with E-state index in [1.807, 2.05) is 78.9 Å². The van der Waals surface area contributed by atoms with E-state index in [1.165, 1.54) is 0 Å². The summed E-state index contributed by atoms with van der Waals surface area (Å²) in [7, 11) is 0. The summed E-state index contributed by atoms with van der Waals surface area (Å²) in [4.78, 5) is 12.6. The van der Waals surface area contributed by atoms with Crippen molar-refractivity contribution in [2.75, 3.05) is 4.90 Å². The topological polar surface area (TPSA) is 66.3 Å². The maximum absolute atomic E-state index is 6.88. The molecular formula is C51H34N4O2. The molecule has 0 saturated carbocycles. The van der Waals surface area contributed by atoms with Gasteiger partial charge in [-0.1, -0.05) is 152 Å². The summed E-state index contributed by atoms with van der Waals surface area (Å²) in [6.45, 7) is 0. The summed E-state index contributed by atoms with van der Waals surface area (Å²) in [5.74, 6) is 1.34. The second kappa shape index (κ2) is 13.6. The summed E-state index contributed by atoms with van der Waals surface area (Å²) in [6, 6.07) is 66.8. The maximum Gasteiger partial charge on any atom is 0.159 e. The van der Waals surface area contributed by atoms with Gasteiger partial charge in [-0.25, -0.2) is 9.98 Å². The molecule has 0 aliphatic carbocycles. The van der Waals surface area contributed by atoms with Crippen LogP contribution in [0.2, 0.25) is 0 Å². The summed E-state index contributed by atoms with van der Waals surface area (Å²) >= 11 is 0. The second-order valence-corrected chi connectivity index (χ2v) is 14.2. The number of hydrogen-bond acceptors (Lipinski definition) is 6. The average molecular weight is 735 g/mol. The molecule has 0 radical (unpaired) electrons. The molecule has 0 bridgehead atoms. The smallest absolute Gasteiger partial charge is 0.159 e. The van der Waals surface area contributed by atoms with Gasteiger partial charge in [0.2, 0.25) is 0 Å². The van der Waals surface area contributed by atoms with Crippen molar-refractivity contribution < 1.29 is 8.83 Å². The fraction of sp³-hybridized carbons (Fsp3) is 0.0196. The minimum Gasteiger partial charge on any atom is -0.455 e. The monoisotopic (exact) mass is 734 g/mol. The molecule has 2 aromatic heterocycles. The molecule has 1 atom stereocenters. The Morgan fingerprint density at radius 3 is 1.81 bits per heavy atom. The Balaban J connectivity index is 1.15. The molecule has 3 heterocycles. The first-order chi connectivity index (χ1) is 28.3. The Bertz CT molecular complexity index is 3150. The van der Waals surface area contributed by atoms with Crippen LogP contribution in [0.3, 0.4) is 0 Å². The minimum atomic E-state index is -0.349. The molecule has 6 nitrogen and oxygen atoms in total. The van der Waals surface area contributed by atoms with Crippen LogP contribution in [0.1, 0.15) is 22.9 Å². The van der Waals surface area contributed by atoms with E-state index in [2.05, 4.69) is 125 Å².